The van der Waals surface area contributed by atoms with E-state index >= 15 is 0 Å². The molecule has 0 saturated carbocycles. The first-order chi connectivity index (χ1) is 8.88. The Morgan fingerprint density at radius 3 is 2.44 bits per heavy atom. The molecule has 2 rings (SSSR count). The van der Waals surface area contributed by atoms with Crippen molar-refractivity contribution in [2.75, 3.05) is 13.2 Å². The number of rotatable bonds is 7. The van der Waals surface area contributed by atoms with Gasteiger partial charge in [0.2, 0.25) is 0 Å². The number of thiophene rings is 1. The maximum Gasteiger partial charge on any atom is 0.119 e. The van der Waals surface area contributed by atoms with Gasteiger partial charge >= 0.3 is 0 Å². The van der Waals surface area contributed by atoms with Crippen LogP contribution in [0.25, 0.3) is 0 Å². The first-order valence-electron chi connectivity index (χ1n) is 5.92. The van der Waals surface area contributed by atoms with Crippen molar-refractivity contribution in [3.8, 4) is 5.75 Å². The highest BCUT2D eigenvalue weighted by Gasteiger charge is 1.99. The van der Waals surface area contributed by atoms with Gasteiger partial charge in [-0.15, -0.1) is 11.3 Å². The standard InChI is InChI=1S/C14H17NO2S/c15-10-13-6-7-14(18-13)11-16-8-9-17-12-4-2-1-3-5-12/h1-7H,8-11,15H2. The van der Waals surface area contributed by atoms with E-state index in [4.69, 9.17) is 15.2 Å². The average Bonchev–Trinajstić information content (AvgIpc) is 2.87. The van der Waals surface area contributed by atoms with Crippen molar-refractivity contribution in [1.29, 1.82) is 0 Å². The van der Waals surface area contributed by atoms with Crippen molar-refractivity contribution in [3.63, 3.8) is 0 Å². The van der Waals surface area contributed by atoms with E-state index in [-0.39, 0.29) is 0 Å². The number of hydrogen-bond donors (Lipinski definition) is 1. The lowest BCUT2D eigenvalue weighted by Gasteiger charge is -2.06. The second-order valence-electron chi connectivity index (χ2n) is 3.79. The quantitative estimate of drug-likeness (QED) is 0.781. The average molecular weight is 263 g/mol. The van der Waals surface area contributed by atoms with Crippen LogP contribution in [0.1, 0.15) is 9.75 Å². The van der Waals surface area contributed by atoms with E-state index in [9.17, 15) is 0 Å². The largest absolute Gasteiger partial charge is 0.491 e. The SMILES string of the molecule is NCc1ccc(COCCOc2ccccc2)s1. The molecule has 0 unspecified atom stereocenters. The summed E-state index contributed by atoms with van der Waals surface area (Å²) in [6.45, 7) is 2.38. The van der Waals surface area contributed by atoms with Gasteiger partial charge in [0.1, 0.15) is 12.4 Å². The zero-order valence-electron chi connectivity index (χ0n) is 10.2. The summed E-state index contributed by atoms with van der Waals surface area (Å²) < 4.78 is 11.1. The number of hydrogen-bond acceptors (Lipinski definition) is 4. The minimum absolute atomic E-state index is 0.569. The highest BCUT2D eigenvalue weighted by molar-refractivity contribution is 7.11. The molecule has 0 saturated heterocycles. The second-order valence-corrected chi connectivity index (χ2v) is 5.04. The maximum atomic E-state index is 5.55. The van der Waals surface area contributed by atoms with Gasteiger partial charge in [-0.25, -0.2) is 0 Å². The lowest BCUT2D eigenvalue weighted by Crippen LogP contribution is -2.06. The van der Waals surface area contributed by atoms with Gasteiger partial charge in [-0.2, -0.15) is 0 Å². The number of benzene rings is 1. The van der Waals surface area contributed by atoms with Crippen LogP contribution >= 0.6 is 11.3 Å². The van der Waals surface area contributed by atoms with Crippen LogP contribution in [0.3, 0.4) is 0 Å². The van der Waals surface area contributed by atoms with E-state index < -0.39 is 0 Å². The molecule has 1 aromatic heterocycles. The molecule has 0 fully saturated rings. The Morgan fingerprint density at radius 1 is 0.944 bits per heavy atom. The molecule has 0 bridgehead atoms. The minimum atomic E-state index is 0.569. The monoisotopic (exact) mass is 263 g/mol. The first-order valence-corrected chi connectivity index (χ1v) is 6.73. The van der Waals surface area contributed by atoms with Gasteiger partial charge in [-0.1, -0.05) is 18.2 Å². The Hall–Kier alpha value is -1.36. The fraction of sp³-hybridized carbons (Fsp3) is 0.286. The van der Waals surface area contributed by atoms with Gasteiger partial charge in [-0.05, 0) is 24.3 Å². The summed E-state index contributed by atoms with van der Waals surface area (Å²) in [6, 6.07) is 13.9. The molecule has 0 radical (unpaired) electrons. The van der Waals surface area contributed by atoms with Gasteiger partial charge in [0.05, 0.1) is 13.2 Å². The zero-order chi connectivity index (χ0) is 12.6. The molecular weight excluding hydrogens is 246 g/mol. The van der Waals surface area contributed by atoms with Crippen molar-refractivity contribution in [1.82, 2.24) is 0 Å². The third-order valence-electron chi connectivity index (χ3n) is 2.40. The van der Waals surface area contributed by atoms with Crippen LogP contribution in [0.15, 0.2) is 42.5 Å². The summed E-state index contributed by atoms with van der Waals surface area (Å²) in [4.78, 5) is 2.39. The highest BCUT2D eigenvalue weighted by Crippen LogP contribution is 2.16. The van der Waals surface area contributed by atoms with Gasteiger partial charge in [0.25, 0.3) is 0 Å². The zero-order valence-corrected chi connectivity index (χ0v) is 11.0. The van der Waals surface area contributed by atoms with Gasteiger partial charge in [-0.3, -0.25) is 0 Å². The third-order valence-corrected chi connectivity index (χ3v) is 3.48. The molecule has 0 aliphatic rings. The predicted molar refractivity (Wildman–Crippen MR) is 73.8 cm³/mol. The second kappa shape index (κ2) is 7.16. The Labute approximate surface area is 111 Å². The lowest BCUT2D eigenvalue weighted by atomic mass is 10.3. The van der Waals surface area contributed by atoms with E-state index in [2.05, 4.69) is 6.07 Å². The van der Waals surface area contributed by atoms with Crippen LogP contribution < -0.4 is 10.5 Å². The molecule has 0 spiro atoms. The Morgan fingerprint density at radius 2 is 1.72 bits per heavy atom. The van der Waals surface area contributed by atoms with Crippen molar-refractivity contribution in [2.45, 2.75) is 13.2 Å². The third kappa shape index (κ3) is 4.14. The summed E-state index contributed by atoms with van der Waals surface area (Å²) in [6.07, 6.45) is 0. The van der Waals surface area contributed by atoms with Crippen LogP contribution in [0.2, 0.25) is 0 Å². The molecule has 2 aromatic rings. The topological polar surface area (TPSA) is 44.5 Å². The number of ether oxygens (including phenoxy) is 2. The molecule has 2 N–H and O–H groups in total. The molecule has 0 atom stereocenters. The Bertz CT molecular complexity index is 456. The summed E-state index contributed by atoms with van der Waals surface area (Å²) in [5.74, 6) is 0.877. The van der Waals surface area contributed by atoms with E-state index in [0.717, 1.165) is 5.75 Å². The fourth-order valence-corrected chi connectivity index (χ4v) is 2.35. The highest BCUT2D eigenvalue weighted by atomic mass is 32.1. The van der Waals surface area contributed by atoms with E-state index in [1.54, 1.807) is 11.3 Å². The molecule has 0 aliphatic carbocycles. The molecule has 0 aliphatic heterocycles. The van der Waals surface area contributed by atoms with Crippen molar-refractivity contribution in [2.24, 2.45) is 5.73 Å². The van der Waals surface area contributed by atoms with Crippen LogP contribution in [0.5, 0.6) is 5.75 Å². The van der Waals surface area contributed by atoms with Gasteiger partial charge < -0.3 is 15.2 Å². The van der Waals surface area contributed by atoms with E-state index in [1.165, 1.54) is 9.75 Å². The molecule has 3 nitrogen and oxygen atoms in total. The molecule has 18 heavy (non-hydrogen) atoms. The Balaban J connectivity index is 1.61. The molecule has 1 aromatic carbocycles. The van der Waals surface area contributed by atoms with E-state index in [1.807, 2.05) is 36.4 Å². The van der Waals surface area contributed by atoms with Crippen molar-refractivity contribution in [3.05, 3.63) is 52.2 Å². The maximum absolute atomic E-state index is 5.55. The summed E-state index contributed by atoms with van der Waals surface area (Å²) in [5.41, 5.74) is 5.55. The number of nitrogens with two attached hydrogens (primary N) is 1. The summed E-state index contributed by atoms with van der Waals surface area (Å²) in [5, 5.41) is 0. The summed E-state index contributed by atoms with van der Waals surface area (Å²) in [7, 11) is 0. The van der Waals surface area contributed by atoms with Crippen molar-refractivity contribution < 1.29 is 9.47 Å². The smallest absolute Gasteiger partial charge is 0.119 e. The van der Waals surface area contributed by atoms with Crippen LogP contribution in [0.4, 0.5) is 0 Å². The first kappa shape index (κ1) is 13.1. The van der Waals surface area contributed by atoms with Crippen molar-refractivity contribution >= 4 is 11.3 Å². The fourth-order valence-electron chi connectivity index (χ4n) is 1.52. The Kier molecular flexibility index (Phi) is 5.20. The normalized spacial score (nSPS) is 10.5. The molecule has 4 heteroatoms. The van der Waals surface area contributed by atoms with Gasteiger partial charge in [0, 0.05) is 16.3 Å². The molecule has 0 amide bonds. The minimum Gasteiger partial charge on any atom is -0.491 e. The summed E-state index contributed by atoms with van der Waals surface area (Å²) >= 11 is 1.70. The molecule has 1 heterocycles. The van der Waals surface area contributed by atoms with E-state index in [0.29, 0.717) is 26.4 Å². The van der Waals surface area contributed by atoms with Crippen LogP contribution in [-0.2, 0) is 17.9 Å². The molecular formula is C14H17NO2S. The van der Waals surface area contributed by atoms with Crippen LogP contribution in [0, 0.1) is 0 Å². The number of para-hydroxylation sites is 1. The molecule has 96 valence electrons. The van der Waals surface area contributed by atoms with Crippen LogP contribution in [-0.4, -0.2) is 13.2 Å². The predicted octanol–water partition coefficient (Wildman–Crippen LogP) is 2.80. The lowest BCUT2D eigenvalue weighted by molar-refractivity contribution is 0.0905. The van der Waals surface area contributed by atoms with Gasteiger partial charge in [0.15, 0.2) is 0 Å².